The number of aryl methyl sites for hydroxylation is 4. The summed E-state index contributed by atoms with van der Waals surface area (Å²) in [6.45, 7) is 8.90. The summed E-state index contributed by atoms with van der Waals surface area (Å²) in [5, 5.41) is 0. The molecule has 3 aromatic carbocycles. The Morgan fingerprint density at radius 2 is 1.39 bits per heavy atom. The standard InChI is InChI=1S/C30H28N/c1-17-6-7-21-15-27-23(26(21)13-17)9-8-22-16-28-24(29(22)27)10-11-31(5)30(28)25-14-18(2)12-19(3)20(25)4/h6-14H,15-16H2,1-5H3/q+1. The van der Waals surface area contributed by atoms with Crippen LogP contribution in [0.2, 0.25) is 0 Å². The van der Waals surface area contributed by atoms with Gasteiger partial charge in [-0.15, -0.1) is 0 Å². The Morgan fingerprint density at radius 3 is 2.23 bits per heavy atom. The van der Waals surface area contributed by atoms with Crippen molar-refractivity contribution in [2.24, 2.45) is 7.05 Å². The van der Waals surface area contributed by atoms with E-state index in [1.165, 1.54) is 78.0 Å². The molecule has 0 unspecified atom stereocenters. The zero-order chi connectivity index (χ0) is 21.4. The Labute approximate surface area is 185 Å². The van der Waals surface area contributed by atoms with Crippen LogP contribution in [0.4, 0.5) is 0 Å². The molecule has 152 valence electrons. The molecule has 1 heterocycles. The van der Waals surface area contributed by atoms with E-state index < -0.39 is 0 Å². The first-order chi connectivity index (χ1) is 14.9. The van der Waals surface area contributed by atoms with Gasteiger partial charge in [0.2, 0.25) is 5.69 Å². The van der Waals surface area contributed by atoms with Crippen molar-refractivity contribution < 1.29 is 4.57 Å². The fourth-order valence-corrected chi connectivity index (χ4v) is 5.84. The molecule has 2 aliphatic rings. The Morgan fingerprint density at radius 1 is 0.645 bits per heavy atom. The fraction of sp³-hybridized carbons (Fsp3) is 0.233. The van der Waals surface area contributed by atoms with E-state index in [1.54, 1.807) is 0 Å². The molecule has 6 rings (SSSR count). The zero-order valence-electron chi connectivity index (χ0n) is 19.1. The van der Waals surface area contributed by atoms with E-state index in [0.29, 0.717) is 0 Å². The van der Waals surface area contributed by atoms with Crippen molar-refractivity contribution in [2.45, 2.75) is 40.5 Å². The van der Waals surface area contributed by atoms with Crippen LogP contribution in [-0.2, 0) is 19.9 Å². The van der Waals surface area contributed by atoms with Crippen molar-refractivity contribution in [3.8, 4) is 33.5 Å². The van der Waals surface area contributed by atoms with Gasteiger partial charge in [-0.1, -0.05) is 47.5 Å². The van der Waals surface area contributed by atoms with Gasteiger partial charge in [0.05, 0.1) is 0 Å². The summed E-state index contributed by atoms with van der Waals surface area (Å²) in [5.74, 6) is 0. The second-order valence-corrected chi connectivity index (χ2v) is 9.56. The van der Waals surface area contributed by atoms with Crippen LogP contribution in [0.3, 0.4) is 0 Å². The molecule has 0 radical (unpaired) electrons. The summed E-state index contributed by atoms with van der Waals surface area (Å²) >= 11 is 0. The molecule has 2 aliphatic carbocycles. The maximum atomic E-state index is 2.38. The van der Waals surface area contributed by atoms with E-state index in [1.807, 2.05) is 0 Å². The van der Waals surface area contributed by atoms with Crippen molar-refractivity contribution in [2.75, 3.05) is 0 Å². The zero-order valence-corrected chi connectivity index (χ0v) is 19.1. The minimum Gasteiger partial charge on any atom is -0.201 e. The summed E-state index contributed by atoms with van der Waals surface area (Å²) in [6.07, 6.45) is 4.32. The van der Waals surface area contributed by atoms with Gasteiger partial charge in [0, 0.05) is 23.6 Å². The molecular weight excluding hydrogens is 374 g/mol. The van der Waals surface area contributed by atoms with Gasteiger partial charge in [0.15, 0.2) is 6.20 Å². The van der Waals surface area contributed by atoms with Crippen LogP contribution in [0.25, 0.3) is 33.5 Å². The predicted octanol–water partition coefficient (Wildman–Crippen LogP) is 6.55. The molecule has 0 atom stereocenters. The lowest BCUT2D eigenvalue weighted by Gasteiger charge is -2.13. The van der Waals surface area contributed by atoms with Gasteiger partial charge in [0.25, 0.3) is 0 Å². The third-order valence-electron chi connectivity index (χ3n) is 7.45. The lowest BCUT2D eigenvalue weighted by Crippen LogP contribution is -2.32. The summed E-state index contributed by atoms with van der Waals surface area (Å²) in [4.78, 5) is 0. The van der Waals surface area contributed by atoms with Crippen LogP contribution < -0.4 is 4.57 Å². The van der Waals surface area contributed by atoms with Crippen LogP contribution >= 0.6 is 0 Å². The second-order valence-electron chi connectivity index (χ2n) is 9.56. The topological polar surface area (TPSA) is 3.88 Å². The highest BCUT2D eigenvalue weighted by Gasteiger charge is 2.33. The molecule has 0 spiro atoms. The molecule has 31 heavy (non-hydrogen) atoms. The van der Waals surface area contributed by atoms with Gasteiger partial charge in [-0.25, -0.2) is 4.57 Å². The maximum Gasteiger partial charge on any atom is 0.216 e. The Balaban J connectivity index is 1.60. The highest BCUT2D eigenvalue weighted by Crippen LogP contribution is 2.49. The normalized spacial score (nSPS) is 13.1. The van der Waals surface area contributed by atoms with Crippen LogP contribution in [0.5, 0.6) is 0 Å². The monoisotopic (exact) mass is 402 g/mol. The quantitative estimate of drug-likeness (QED) is 0.274. The van der Waals surface area contributed by atoms with E-state index >= 15 is 0 Å². The minimum atomic E-state index is 1.02. The Hall–Kier alpha value is -3.19. The van der Waals surface area contributed by atoms with Crippen molar-refractivity contribution in [1.29, 1.82) is 0 Å². The van der Waals surface area contributed by atoms with Gasteiger partial charge < -0.3 is 0 Å². The number of nitrogens with zero attached hydrogens (tertiary/aromatic N) is 1. The first kappa shape index (κ1) is 18.6. The highest BCUT2D eigenvalue weighted by atomic mass is 14.9. The number of aromatic nitrogens is 1. The molecule has 1 nitrogen and oxygen atoms in total. The second kappa shape index (κ2) is 6.40. The van der Waals surface area contributed by atoms with Crippen LogP contribution in [-0.4, -0.2) is 0 Å². The molecule has 1 aromatic heterocycles. The number of hydrogen-bond donors (Lipinski definition) is 0. The number of fused-ring (bicyclic) bond motifs is 7. The molecule has 4 aromatic rings. The van der Waals surface area contributed by atoms with Gasteiger partial charge in [-0.2, -0.15) is 0 Å². The van der Waals surface area contributed by atoms with E-state index in [4.69, 9.17) is 0 Å². The van der Waals surface area contributed by atoms with Crippen LogP contribution in [0, 0.1) is 27.7 Å². The summed E-state index contributed by atoms with van der Waals surface area (Å²) in [6, 6.07) is 18.7. The van der Waals surface area contributed by atoms with Crippen molar-refractivity contribution in [1.82, 2.24) is 0 Å². The van der Waals surface area contributed by atoms with Crippen molar-refractivity contribution >= 4 is 0 Å². The lowest BCUT2D eigenvalue weighted by molar-refractivity contribution is -0.660. The fourth-order valence-electron chi connectivity index (χ4n) is 5.84. The molecule has 1 heteroatoms. The number of benzene rings is 3. The number of rotatable bonds is 1. The maximum absolute atomic E-state index is 2.38. The van der Waals surface area contributed by atoms with Crippen LogP contribution in [0.15, 0.2) is 54.7 Å². The first-order valence-electron chi connectivity index (χ1n) is 11.3. The Kier molecular flexibility index (Phi) is 3.84. The van der Waals surface area contributed by atoms with E-state index in [0.717, 1.165) is 12.8 Å². The molecule has 0 bridgehead atoms. The minimum absolute atomic E-state index is 1.02. The SMILES string of the molecule is Cc1ccc2c(c1)-c1ccc3c(c1C2)-c1cc[n+](C)c(-c2cc(C)cc(C)c2C)c1C3. The molecule has 0 saturated carbocycles. The highest BCUT2D eigenvalue weighted by molar-refractivity contribution is 5.91. The smallest absolute Gasteiger partial charge is 0.201 e. The summed E-state index contributed by atoms with van der Waals surface area (Å²) in [5.41, 5.74) is 19.9. The third-order valence-corrected chi connectivity index (χ3v) is 7.45. The molecular formula is C30H28N+. The van der Waals surface area contributed by atoms with Crippen LogP contribution in [0.1, 0.15) is 44.5 Å². The summed E-state index contributed by atoms with van der Waals surface area (Å²) < 4.78 is 2.32. The van der Waals surface area contributed by atoms with E-state index in [2.05, 4.69) is 94.0 Å². The van der Waals surface area contributed by atoms with Gasteiger partial charge in [-0.05, 0) is 90.3 Å². The van der Waals surface area contributed by atoms with Crippen molar-refractivity contribution in [3.05, 3.63) is 99.2 Å². The number of pyridine rings is 1. The predicted molar refractivity (Wildman–Crippen MR) is 128 cm³/mol. The molecule has 0 aliphatic heterocycles. The number of hydrogen-bond acceptors (Lipinski definition) is 0. The molecule has 0 fully saturated rings. The van der Waals surface area contributed by atoms with E-state index in [-0.39, 0.29) is 0 Å². The van der Waals surface area contributed by atoms with Gasteiger partial charge >= 0.3 is 0 Å². The molecule has 0 N–H and O–H groups in total. The lowest BCUT2D eigenvalue weighted by atomic mass is 9.92. The molecule has 0 saturated heterocycles. The average molecular weight is 403 g/mol. The molecule has 0 amide bonds. The van der Waals surface area contributed by atoms with E-state index in [9.17, 15) is 0 Å². The average Bonchev–Trinajstić information content (AvgIpc) is 3.28. The third kappa shape index (κ3) is 2.59. The first-order valence-corrected chi connectivity index (χ1v) is 11.3. The summed E-state index contributed by atoms with van der Waals surface area (Å²) in [7, 11) is 2.19. The van der Waals surface area contributed by atoms with Crippen molar-refractivity contribution in [3.63, 3.8) is 0 Å². The van der Waals surface area contributed by atoms with Gasteiger partial charge in [-0.3, -0.25) is 0 Å². The largest absolute Gasteiger partial charge is 0.216 e. The Bertz CT molecular complexity index is 1420. The van der Waals surface area contributed by atoms with Gasteiger partial charge in [0.1, 0.15) is 7.05 Å².